The lowest BCUT2D eigenvalue weighted by molar-refractivity contribution is -0.141. The lowest BCUT2D eigenvalue weighted by atomic mass is 10.1. The summed E-state index contributed by atoms with van der Waals surface area (Å²) in [6.07, 6.45) is -4.23. The molecule has 8 heteroatoms. The van der Waals surface area contributed by atoms with Crippen LogP contribution in [0.1, 0.15) is 29.4 Å². The van der Waals surface area contributed by atoms with Gasteiger partial charge in [-0.25, -0.2) is 4.98 Å². The number of anilines is 1. The number of hydrogen-bond donors (Lipinski definition) is 2. The van der Waals surface area contributed by atoms with Crippen molar-refractivity contribution in [2.45, 2.75) is 25.1 Å². The molecule has 1 saturated heterocycles. The Morgan fingerprint density at radius 3 is 2.60 bits per heavy atom. The summed E-state index contributed by atoms with van der Waals surface area (Å²) in [6.45, 7) is 1.98. The summed E-state index contributed by atoms with van der Waals surface area (Å²) in [6, 6.07) is 1.73. The molecule has 1 aromatic rings. The first-order valence-electron chi connectivity index (χ1n) is 5.95. The van der Waals surface area contributed by atoms with Crippen molar-refractivity contribution in [3.8, 4) is 0 Å². The van der Waals surface area contributed by atoms with Gasteiger partial charge in [-0.2, -0.15) is 13.2 Å². The molecule has 0 aliphatic carbocycles. The monoisotopic (exact) mass is 289 g/mol. The summed E-state index contributed by atoms with van der Waals surface area (Å²) in [7, 11) is 0. The van der Waals surface area contributed by atoms with Gasteiger partial charge in [0, 0.05) is 13.1 Å². The number of halogens is 3. The first kappa shape index (κ1) is 14.6. The molecule has 1 aromatic heterocycles. The summed E-state index contributed by atoms with van der Waals surface area (Å²) in [5.41, 5.74) is 2.96. The van der Waals surface area contributed by atoms with Crippen LogP contribution in [0.25, 0.3) is 0 Å². The number of β-amino-alcohol motifs (C(OH)–C–C–N with tert-alkyl or cyclic N) is 1. The average Bonchev–Trinajstić information content (AvgIpc) is 2.67. The number of carbonyl (C=O) groups is 1. The molecule has 110 valence electrons. The molecule has 0 aromatic carbocycles. The van der Waals surface area contributed by atoms with Crippen LogP contribution in [0.2, 0.25) is 0 Å². The van der Waals surface area contributed by atoms with E-state index in [1.807, 2.05) is 0 Å². The van der Waals surface area contributed by atoms with E-state index >= 15 is 0 Å². The molecule has 1 aliphatic rings. The topological polar surface area (TPSA) is 79.4 Å². The van der Waals surface area contributed by atoms with Gasteiger partial charge in [0.25, 0.3) is 5.91 Å². The van der Waals surface area contributed by atoms with E-state index in [0.29, 0.717) is 13.0 Å². The maximum Gasteiger partial charge on any atom is 0.433 e. The van der Waals surface area contributed by atoms with Crippen molar-refractivity contribution < 1.29 is 23.1 Å². The number of rotatable bonds is 2. The highest BCUT2D eigenvalue weighted by Gasteiger charge is 2.37. The van der Waals surface area contributed by atoms with Crippen molar-refractivity contribution in [1.29, 1.82) is 0 Å². The zero-order valence-electron chi connectivity index (χ0n) is 10.7. The molecule has 1 atom stereocenters. The Labute approximate surface area is 113 Å². The zero-order chi connectivity index (χ0) is 15.1. The summed E-state index contributed by atoms with van der Waals surface area (Å²) >= 11 is 0. The van der Waals surface area contributed by atoms with Gasteiger partial charge in [-0.15, -0.1) is 0 Å². The summed E-state index contributed by atoms with van der Waals surface area (Å²) in [5.74, 6) is -0.988. The van der Waals surface area contributed by atoms with Gasteiger partial charge in [0.1, 0.15) is 11.5 Å². The summed E-state index contributed by atoms with van der Waals surface area (Å²) < 4.78 is 38.1. The summed E-state index contributed by atoms with van der Waals surface area (Å²) in [5, 5.41) is 9.88. The third-order valence-electron chi connectivity index (χ3n) is 3.18. The van der Waals surface area contributed by atoms with Crippen molar-refractivity contribution in [1.82, 2.24) is 4.98 Å². The highest BCUT2D eigenvalue weighted by atomic mass is 19.4. The van der Waals surface area contributed by atoms with Gasteiger partial charge in [0.05, 0.1) is 11.2 Å². The minimum Gasteiger partial charge on any atom is -0.388 e. The molecule has 0 bridgehead atoms. The van der Waals surface area contributed by atoms with E-state index in [9.17, 15) is 23.1 Å². The van der Waals surface area contributed by atoms with Gasteiger partial charge in [-0.05, 0) is 25.5 Å². The third kappa shape index (κ3) is 2.84. The number of primary amides is 1. The van der Waals surface area contributed by atoms with Crippen LogP contribution < -0.4 is 10.6 Å². The largest absolute Gasteiger partial charge is 0.433 e. The van der Waals surface area contributed by atoms with Crippen LogP contribution in [0, 0.1) is 0 Å². The SMILES string of the molecule is CC1(O)CCN(c2nc(C(F)(F)F)ccc2C(N)=O)C1. The summed E-state index contributed by atoms with van der Waals surface area (Å²) in [4.78, 5) is 16.3. The third-order valence-corrected chi connectivity index (χ3v) is 3.18. The number of pyridine rings is 1. The zero-order valence-corrected chi connectivity index (χ0v) is 10.7. The molecule has 1 fully saturated rings. The molecule has 1 amide bonds. The molecule has 1 unspecified atom stereocenters. The lowest BCUT2D eigenvalue weighted by Crippen LogP contribution is -2.32. The van der Waals surface area contributed by atoms with Crippen LogP contribution in [0.4, 0.5) is 19.0 Å². The molecule has 5 nitrogen and oxygen atoms in total. The first-order chi connectivity index (χ1) is 9.10. The molecule has 0 saturated carbocycles. The fraction of sp³-hybridized carbons (Fsp3) is 0.500. The van der Waals surface area contributed by atoms with Crippen molar-refractivity contribution >= 4 is 11.7 Å². The number of aliphatic hydroxyl groups is 1. The van der Waals surface area contributed by atoms with Gasteiger partial charge < -0.3 is 15.7 Å². The van der Waals surface area contributed by atoms with Crippen LogP contribution in [-0.2, 0) is 6.18 Å². The molecule has 0 spiro atoms. The average molecular weight is 289 g/mol. The van der Waals surface area contributed by atoms with E-state index in [0.717, 1.165) is 12.1 Å². The minimum atomic E-state index is -4.60. The standard InChI is InChI=1S/C12H14F3N3O2/c1-11(20)4-5-18(6-11)10-7(9(16)19)2-3-8(17-10)12(13,14)15/h2-3,20H,4-6H2,1H3,(H2,16,19). The smallest absolute Gasteiger partial charge is 0.388 e. The van der Waals surface area contributed by atoms with Gasteiger partial charge in [0.2, 0.25) is 0 Å². The molecule has 1 aliphatic heterocycles. The number of amides is 1. The second-order valence-electron chi connectivity index (χ2n) is 5.10. The van der Waals surface area contributed by atoms with Crippen LogP contribution >= 0.6 is 0 Å². The predicted molar refractivity (Wildman–Crippen MR) is 65.2 cm³/mol. The predicted octanol–water partition coefficient (Wildman–Crippen LogP) is 1.16. The molecule has 3 N–H and O–H groups in total. The van der Waals surface area contributed by atoms with Crippen LogP contribution in [0.3, 0.4) is 0 Å². The van der Waals surface area contributed by atoms with Crippen LogP contribution in [-0.4, -0.2) is 34.7 Å². The van der Waals surface area contributed by atoms with Crippen molar-refractivity contribution in [3.63, 3.8) is 0 Å². The number of nitrogens with zero attached hydrogens (tertiary/aromatic N) is 2. The van der Waals surface area contributed by atoms with E-state index in [1.54, 1.807) is 6.92 Å². The Balaban J connectivity index is 2.46. The second-order valence-corrected chi connectivity index (χ2v) is 5.10. The van der Waals surface area contributed by atoms with Crippen molar-refractivity contribution in [3.05, 3.63) is 23.4 Å². The fourth-order valence-electron chi connectivity index (χ4n) is 2.17. The van der Waals surface area contributed by atoms with Gasteiger partial charge >= 0.3 is 6.18 Å². The van der Waals surface area contributed by atoms with Crippen molar-refractivity contribution in [2.24, 2.45) is 5.73 Å². The normalized spacial score (nSPS) is 23.1. The lowest BCUT2D eigenvalue weighted by Gasteiger charge is -2.22. The minimum absolute atomic E-state index is 0.0873. The Bertz CT molecular complexity index is 543. The van der Waals surface area contributed by atoms with E-state index in [4.69, 9.17) is 5.73 Å². The Morgan fingerprint density at radius 2 is 2.15 bits per heavy atom. The molecule has 2 heterocycles. The highest BCUT2D eigenvalue weighted by molar-refractivity contribution is 5.97. The van der Waals surface area contributed by atoms with E-state index < -0.39 is 23.4 Å². The molecule has 20 heavy (non-hydrogen) atoms. The van der Waals surface area contributed by atoms with E-state index in [2.05, 4.69) is 4.98 Å². The van der Waals surface area contributed by atoms with Gasteiger partial charge in [-0.3, -0.25) is 4.79 Å². The quantitative estimate of drug-likeness (QED) is 0.856. The van der Waals surface area contributed by atoms with Gasteiger partial charge in [-0.1, -0.05) is 0 Å². The van der Waals surface area contributed by atoms with Crippen LogP contribution in [0.15, 0.2) is 12.1 Å². The highest BCUT2D eigenvalue weighted by Crippen LogP contribution is 2.32. The maximum absolute atomic E-state index is 12.7. The number of hydrogen-bond acceptors (Lipinski definition) is 4. The van der Waals surface area contributed by atoms with Crippen LogP contribution in [0.5, 0.6) is 0 Å². The Hall–Kier alpha value is -1.83. The first-order valence-corrected chi connectivity index (χ1v) is 5.95. The van der Waals surface area contributed by atoms with E-state index in [-0.39, 0.29) is 17.9 Å². The second kappa shape index (κ2) is 4.62. The van der Waals surface area contributed by atoms with Crippen molar-refractivity contribution in [2.75, 3.05) is 18.0 Å². The molecule has 0 radical (unpaired) electrons. The number of alkyl halides is 3. The molecular formula is C12H14F3N3O2. The fourth-order valence-corrected chi connectivity index (χ4v) is 2.17. The molecular weight excluding hydrogens is 275 g/mol. The number of nitrogens with two attached hydrogens (primary N) is 1. The van der Waals surface area contributed by atoms with Gasteiger partial charge in [0.15, 0.2) is 0 Å². The van der Waals surface area contributed by atoms with E-state index in [1.165, 1.54) is 4.90 Å². The number of carbonyl (C=O) groups excluding carboxylic acids is 1. The Kier molecular flexibility index (Phi) is 3.37. The maximum atomic E-state index is 12.7. The Morgan fingerprint density at radius 1 is 1.50 bits per heavy atom. The number of aromatic nitrogens is 1. The molecule has 2 rings (SSSR count).